The molecule has 1 amide bonds. The molecular formula is C11H13N3O6. The van der Waals surface area contributed by atoms with Crippen molar-refractivity contribution < 1.29 is 24.4 Å². The Kier molecular flexibility index (Phi) is 5.27. The van der Waals surface area contributed by atoms with Crippen molar-refractivity contribution in [2.45, 2.75) is 0 Å². The molecule has 3 N–H and O–H groups in total. The number of hydrogen-bond donors (Lipinski definition) is 3. The highest BCUT2D eigenvalue weighted by Crippen LogP contribution is 2.34. The number of carbonyl (C=O) groups is 2. The standard InChI is InChI=1S/C11H13N3O6/c1-20-8-4-2-3-7(11(8)14(18)19)12-5-9(15)13-6-10(16)17/h2-4,12H,5-6H2,1H3,(H,13,15)(H,16,17). The molecule has 0 aliphatic rings. The number of rotatable bonds is 7. The summed E-state index contributed by atoms with van der Waals surface area (Å²) in [4.78, 5) is 31.9. The first kappa shape index (κ1) is 15.2. The van der Waals surface area contributed by atoms with E-state index in [0.717, 1.165) is 0 Å². The number of nitrogens with zero attached hydrogens (tertiary/aromatic N) is 1. The van der Waals surface area contributed by atoms with Crippen LogP contribution in [0.4, 0.5) is 11.4 Å². The third-order valence-electron chi connectivity index (χ3n) is 2.28. The number of ether oxygens (including phenoxy) is 1. The fourth-order valence-electron chi connectivity index (χ4n) is 1.43. The molecule has 9 heteroatoms. The van der Waals surface area contributed by atoms with E-state index < -0.39 is 23.3 Å². The van der Waals surface area contributed by atoms with Gasteiger partial charge in [-0.25, -0.2) is 0 Å². The zero-order chi connectivity index (χ0) is 15.1. The SMILES string of the molecule is COc1cccc(NCC(=O)NCC(=O)O)c1[N+](=O)[O-]. The molecule has 0 aliphatic carbocycles. The van der Waals surface area contributed by atoms with Crippen molar-refractivity contribution in [1.82, 2.24) is 5.32 Å². The van der Waals surface area contributed by atoms with E-state index in [9.17, 15) is 19.7 Å². The zero-order valence-corrected chi connectivity index (χ0v) is 10.6. The molecule has 108 valence electrons. The van der Waals surface area contributed by atoms with E-state index in [2.05, 4.69) is 10.6 Å². The first-order valence-electron chi connectivity index (χ1n) is 5.49. The molecule has 0 aromatic heterocycles. The number of carboxylic acid groups (broad SMARTS) is 1. The van der Waals surface area contributed by atoms with Gasteiger partial charge in [0.2, 0.25) is 5.91 Å². The molecular weight excluding hydrogens is 270 g/mol. The Morgan fingerprint density at radius 1 is 1.40 bits per heavy atom. The number of anilines is 1. The lowest BCUT2D eigenvalue weighted by molar-refractivity contribution is -0.384. The summed E-state index contributed by atoms with van der Waals surface area (Å²) in [5.74, 6) is -1.71. The minimum Gasteiger partial charge on any atom is -0.490 e. The summed E-state index contributed by atoms with van der Waals surface area (Å²) in [6.45, 7) is -0.804. The summed E-state index contributed by atoms with van der Waals surface area (Å²) in [6.07, 6.45) is 0. The largest absolute Gasteiger partial charge is 0.490 e. The molecule has 0 saturated heterocycles. The number of amides is 1. The van der Waals surface area contributed by atoms with Crippen molar-refractivity contribution in [1.29, 1.82) is 0 Å². The van der Waals surface area contributed by atoms with Gasteiger partial charge in [0.15, 0.2) is 5.75 Å². The van der Waals surface area contributed by atoms with Crippen molar-refractivity contribution in [2.75, 3.05) is 25.5 Å². The highest BCUT2D eigenvalue weighted by atomic mass is 16.6. The molecule has 1 rings (SSSR count). The smallest absolute Gasteiger partial charge is 0.333 e. The van der Waals surface area contributed by atoms with Crippen LogP contribution in [0.25, 0.3) is 0 Å². The van der Waals surface area contributed by atoms with Crippen molar-refractivity contribution in [3.8, 4) is 5.75 Å². The molecule has 0 spiro atoms. The van der Waals surface area contributed by atoms with E-state index in [-0.39, 0.29) is 23.7 Å². The Hall–Kier alpha value is -2.84. The van der Waals surface area contributed by atoms with Gasteiger partial charge in [0.05, 0.1) is 18.6 Å². The lowest BCUT2D eigenvalue weighted by atomic mass is 10.2. The number of hydrogen-bond acceptors (Lipinski definition) is 6. The van der Waals surface area contributed by atoms with Crippen LogP contribution < -0.4 is 15.4 Å². The number of aliphatic carboxylic acids is 1. The molecule has 0 aliphatic heterocycles. The van der Waals surface area contributed by atoms with Crippen LogP contribution in [-0.4, -0.2) is 42.1 Å². The van der Waals surface area contributed by atoms with Gasteiger partial charge in [0, 0.05) is 0 Å². The Morgan fingerprint density at radius 3 is 2.65 bits per heavy atom. The Bertz CT molecular complexity index is 531. The Morgan fingerprint density at radius 2 is 2.10 bits per heavy atom. The first-order chi connectivity index (χ1) is 9.45. The topological polar surface area (TPSA) is 131 Å². The second kappa shape index (κ2) is 6.92. The number of carboxylic acids is 1. The van der Waals surface area contributed by atoms with Gasteiger partial charge in [-0.15, -0.1) is 0 Å². The van der Waals surface area contributed by atoms with Gasteiger partial charge in [0.25, 0.3) is 0 Å². The second-order valence-corrected chi connectivity index (χ2v) is 3.64. The predicted octanol–water partition coefficient (Wildman–Crippen LogP) is 0.216. The fourth-order valence-corrected chi connectivity index (χ4v) is 1.43. The van der Waals surface area contributed by atoms with Gasteiger partial charge in [-0.1, -0.05) is 6.07 Å². The molecule has 0 atom stereocenters. The van der Waals surface area contributed by atoms with E-state index in [0.29, 0.717) is 0 Å². The van der Waals surface area contributed by atoms with E-state index in [4.69, 9.17) is 9.84 Å². The molecule has 9 nitrogen and oxygen atoms in total. The summed E-state index contributed by atoms with van der Waals surface area (Å²) < 4.78 is 4.87. The maximum absolute atomic E-state index is 11.3. The van der Waals surface area contributed by atoms with E-state index in [1.54, 1.807) is 0 Å². The average molecular weight is 283 g/mol. The van der Waals surface area contributed by atoms with Crippen molar-refractivity contribution in [3.05, 3.63) is 28.3 Å². The maximum atomic E-state index is 11.3. The summed E-state index contributed by atoms with van der Waals surface area (Å²) >= 11 is 0. The first-order valence-corrected chi connectivity index (χ1v) is 5.49. The highest BCUT2D eigenvalue weighted by Gasteiger charge is 2.20. The van der Waals surface area contributed by atoms with Gasteiger partial charge >= 0.3 is 11.7 Å². The molecule has 0 radical (unpaired) electrons. The van der Waals surface area contributed by atoms with E-state index in [1.807, 2.05) is 0 Å². The third kappa shape index (κ3) is 4.12. The van der Waals surface area contributed by atoms with Gasteiger partial charge < -0.3 is 20.5 Å². The number of nitro benzene ring substituents is 1. The normalized spacial score (nSPS) is 9.65. The molecule has 20 heavy (non-hydrogen) atoms. The number of nitrogens with one attached hydrogen (secondary N) is 2. The molecule has 0 saturated carbocycles. The molecule has 0 unspecified atom stereocenters. The lowest BCUT2D eigenvalue weighted by Crippen LogP contribution is -2.33. The predicted molar refractivity (Wildman–Crippen MR) is 68.8 cm³/mol. The number of nitro groups is 1. The van der Waals surface area contributed by atoms with Crippen molar-refractivity contribution in [3.63, 3.8) is 0 Å². The second-order valence-electron chi connectivity index (χ2n) is 3.64. The van der Waals surface area contributed by atoms with Crippen LogP contribution in [0.2, 0.25) is 0 Å². The quantitative estimate of drug-likeness (QED) is 0.481. The summed E-state index contributed by atoms with van der Waals surface area (Å²) in [5.41, 5.74) is -0.180. The van der Waals surface area contributed by atoms with Crippen LogP contribution in [0, 0.1) is 10.1 Å². The van der Waals surface area contributed by atoms with Gasteiger partial charge in [-0.05, 0) is 12.1 Å². The lowest BCUT2D eigenvalue weighted by Gasteiger charge is -2.09. The number of benzene rings is 1. The molecule has 1 aromatic carbocycles. The summed E-state index contributed by atoms with van der Waals surface area (Å²) in [6, 6.07) is 4.38. The van der Waals surface area contributed by atoms with E-state index in [1.165, 1.54) is 25.3 Å². The van der Waals surface area contributed by atoms with Gasteiger partial charge in [-0.2, -0.15) is 0 Å². The summed E-state index contributed by atoms with van der Waals surface area (Å²) in [7, 11) is 1.30. The fraction of sp³-hybridized carbons (Fsp3) is 0.273. The van der Waals surface area contributed by atoms with Crippen LogP contribution in [0.15, 0.2) is 18.2 Å². The number of carbonyl (C=O) groups excluding carboxylic acids is 1. The minimum atomic E-state index is -1.18. The van der Waals surface area contributed by atoms with Crippen molar-refractivity contribution in [2.24, 2.45) is 0 Å². The molecule has 0 heterocycles. The van der Waals surface area contributed by atoms with Crippen LogP contribution in [0.5, 0.6) is 5.75 Å². The molecule has 1 aromatic rings. The Balaban J connectivity index is 2.75. The van der Waals surface area contributed by atoms with Gasteiger partial charge in [-0.3, -0.25) is 19.7 Å². The Labute approximate surface area is 113 Å². The number of methoxy groups -OCH3 is 1. The van der Waals surface area contributed by atoms with Crippen LogP contribution in [-0.2, 0) is 9.59 Å². The van der Waals surface area contributed by atoms with Gasteiger partial charge in [0.1, 0.15) is 12.2 Å². The summed E-state index contributed by atoms with van der Waals surface area (Å²) in [5, 5.41) is 24.1. The third-order valence-corrected chi connectivity index (χ3v) is 2.28. The monoisotopic (exact) mass is 283 g/mol. The minimum absolute atomic E-state index is 0.0611. The maximum Gasteiger partial charge on any atom is 0.333 e. The average Bonchev–Trinajstić information content (AvgIpc) is 2.41. The van der Waals surface area contributed by atoms with Crippen LogP contribution in [0.3, 0.4) is 0 Å². The molecule has 0 bridgehead atoms. The van der Waals surface area contributed by atoms with E-state index >= 15 is 0 Å². The van der Waals surface area contributed by atoms with Crippen LogP contribution in [0.1, 0.15) is 0 Å². The number of para-hydroxylation sites is 1. The van der Waals surface area contributed by atoms with Crippen LogP contribution >= 0.6 is 0 Å². The highest BCUT2D eigenvalue weighted by molar-refractivity contribution is 5.85. The van der Waals surface area contributed by atoms with Crippen molar-refractivity contribution >= 4 is 23.3 Å². The molecule has 0 fully saturated rings. The zero-order valence-electron chi connectivity index (χ0n) is 10.6.